The van der Waals surface area contributed by atoms with E-state index in [9.17, 15) is 14.3 Å². The molecule has 0 saturated heterocycles. The zero-order valence-corrected chi connectivity index (χ0v) is 11.6. The van der Waals surface area contributed by atoms with Crippen molar-refractivity contribution < 1.29 is 9.50 Å². The quantitative estimate of drug-likeness (QED) is 0.939. The van der Waals surface area contributed by atoms with Crippen LogP contribution < -0.4 is 5.56 Å². The first-order valence-electron chi connectivity index (χ1n) is 7.13. The van der Waals surface area contributed by atoms with Crippen molar-refractivity contribution in [2.75, 3.05) is 0 Å². The molecule has 0 spiro atoms. The molecule has 1 saturated carbocycles. The molecule has 0 aliphatic heterocycles. The van der Waals surface area contributed by atoms with Gasteiger partial charge in [-0.05, 0) is 30.5 Å². The van der Waals surface area contributed by atoms with Crippen LogP contribution in [-0.2, 0) is 6.54 Å². The summed E-state index contributed by atoms with van der Waals surface area (Å²) >= 11 is 0. The van der Waals surface area contributed by atoms with E-state index in [0.717, 1.165) is 18.5 Å². The molecular formula is C16H17FN2O2. The Morgan fingerprint density at radius 1 is 1.33 bits per heavy atom. The Hall–Kier alpha value is -2.01. The van der Waals surface area contributed by atoms with E-state index in [2.05, 4.69) is 4.98 Å². The van der Waals surface area contributed by atoms with E-state index in [0.29, 0.717) is 11.5 Å². The van der Waals surface area contributed by atoms with E-state index in [4.69, 9.17) is 0 Å². The van der Waals surface area contributed by atoms with Crippen molar-refractivity contribution in [2.45, 2.75) is 37.8 Å². The molecule has 0 radical (unpaired) electrons. The first-order valence-corrected chi connectivity index (χ1v) is 7.13. The molecule has 110 valence electrons. The molecule has 3 rings (SSSR count). The number of aromatic nitrogens is 2. The average Bonchev–Trinajstić information content (AvgIpc) is 2.40. The fraction of sp³-hybridized carbons (Fsp3) is 0.375. The van der Waals surface area contributed by atoms with Crippen LogP contribution in [0.5, 0.6) is 0 Å². The molecule has 4 nitrogen and oxygen atoms in total. The lowest BCUT2D eigenvalue weighted by molar-refractivity contribution is 0.154. The van der Waals surface area contributed by atoms with Crippen molar-refractivity contribution in [2.24, 2.45) is 0 Å². The van der Waals surface area contributed by atoms with Gasteiger partial charge < -0.3 is 5.11 Å². The van der Waals surface area contributed by atoms with E-state index >= 15 is 0 Å². The highest BCUT2D eigenvalue weighted by molar-refractivity contribution is 5.18. The summed E-state index contributed by atoms with van der Waals surface area (Å²) in [4.78, 5) is 16.4. The van der Waals surface area contributed by atoms with Crippen LogP contribution in [-0.4, -0.2) is 14.7 Å². The SMILES string of the molecule is O=c1cc(C2CCC2)ncn1C[C@@H](O)c1ccc(F)cc1. The van der Waals surface area contributed by atoms with Crippen LogP contribution in [0.3, 0.4) is 0 Å². The van der Waals surface area contributed by atoms with E-state index in [1.165, 1.54) is 41.6 Å². The Labute approximate surface area is 121 Å². The highest BCUT2D eigenvalue weighted by atomic mass is 19.1. The molecular weight excluding hydrogens is 271 g/mol. The zero-order chi connectivity index (χ0) is 14.8. The minimum Gasteiger partial charge on any atom is -0.387 e. The lowest BCUT2D eigenvalue weighted by atomic mass is 9.83. The van der Waals surface area contributed by atoms with Crippen molar-refractivity contribution in [3.05, 3.63) is 64.1 Å². The maximum absolute atomic E-state index is 12.9. The summed E-state index contributed by atoms with van der Waals surface area (Å²) in [6, 6.07) is 7.17. The number of rotatable bonds is 4. The summed E-state index contributed by atoms with van der Waals surface area (Å²) in [6.07, 6.45) is 4.00. The Morgan fingerprint density at radius 3 is 2.62 bits per heavy atom. The number of nitrogens with zero attached hydrogens (tertiary/aromatic N) is 2. The maximum atomic E-state index is 12.9. The van der Waals surface area contributed by atoms with Gasteiger partial charge in [0.15, 0.2) is 0 Å². The van der Waals surface area contributed by atoms with Crippen molar-refractivity contribution in [1.29, 1.82) is 0 Å². The molecule has 21 heavy (non-hydrogen) atoms. The minimum absolute atomic E-state index is 0.114. The van der Waals surface area contributed by atoms with Gasteiger partial charge in [0.1, 0.15) is 5.82 Å². The Balaban J connectivity index is 1.75. The normalized spacial score (nSPS) is 16.5. The average molecular weight is 288 g/mol. The second-order valence-corrected chi connectivity index (χ2v) is 5.50. The van der Waals surface area contributed by atoms with Crippen molar-refractivity contribution in [1.82, 2.24) is 9.55 Å². The van der Waals surface area contributed by atoms with Crippen LogP contribution in [0.15, 0.2) is 41.5 Å². The van der Waals surface area contributed by atoms with Crippen LogP contribution in [0, 0.1) is 5.82 Å². The molecule has 1 heterocycles. The third kappa shape index (κ3) is 3.03. The zero-order valence-electron chi connectivity index (χ0n) is 11.6. The van der Waals surface area contributed by atoms with Gasteiger partial charge in [-0.2, -0.15) is 0 Å². The summed E-state index contributed by atoms with van der Waals surface area (Å²) in [5.74, 6) is 0.0593. The van der Waals surface area contributed by atoms with Crippen LogP contribution in [0.1, 0.15) is 42.5 Å². The van der Waals surface area contributed by atoms with Gasteiger partial charge in [0.25, 0.3) is 5.56 Å². The predicted molar refractivity (Wildman–Crippen MR) is 76.4 cm³/mol. The number of hydrogen-bond acceptors (Lipinski definition) is 3. The predicted octanol–water partition coefficient (Wildman–Crippen LogP) is 2.38. The van der Waals surface area contributed by atoms with Gasteiger partial charge in [-0.25, -0.2) is 9.37 Å². The van der Waals surface area contributed by atoms with Crippen molar-refractivity contribution in [3.8, 4) is 0 Å². The molecule has 0 bridgehead atoms. The Kier molecular flexibility index (Phi) is 3.84. The van der Waals surface area contributed by atoms with E-state index in [-0.39, 0.29) is 17.9 Å². The molecule has 1 atom stereocenters. The number of halogens is 1. The molecule has 1 fully saturated rings. The largest absolute Gasteiger partial charge is 0.387 e. The number of aliphatic hydroxyl groups is 1. The van der Waals surface area contributed by atoms with Crippen LogP contribution in [0.25, 0.3) is 0 Å². The van der Waals surface area contributed by atoms with Gasteiger partial charge in [-0.15, -0.1) is 0 Å². The van der Waals surface area contributed by atoms with E-state index in [1.54, 1.807) is 6.07 Å². The summed E-state index contributed by atoms with van der Waals surface area (Å²) in [6.45, 7) is 0.114. The Morgan fingerprint density at radius 2 is 2.05 bits per heavy atom. The van der Waals surface area contributed by atoms with Gasteiger partial charge in [0, 0.05) is 12.0 Å². The lowest BCUT2D eigenvalue weighted by Crippen LogP contribution is -2.25. The summed E-state index contributed by atoms with van der Waals surface area (Å²) in [7, 11) is 0. The van der Waals surface area contributed by atoms with Gasteiger partial charge in [0.2, 0.25) is 0 Å². The summed E-state index contributed by atoms with van der Waals surface area (Å²) < 4.78 is 14.2. The molecule has 5 heteroatoms. The highest BCUT2D eigenvalue weighted by Crippen LogP contribution is 2.34. The third-order valence-electron chi connectivity index (χ3n) is 4.05. The first kappa shape index (κ1) is 13.9. The first-order chi connectivity index (χ1) is 10.1. The molecule has 2 aromatic rings. The van der Waals surface area contributed by atoms with Crippen LogP contribution >= 0.6 is 0 Å². The van der Waals surface area contributed by atoms with Gasteiger partial charge in [-0.1, -0.05) is 18.6 Å². The maximum Gasteiger partial charge on any atom is 0.253 e. The molecule has 0 unspecified atom stereocenters. The summed E-state index contributed by atoms with van der Waals surface area (Å²) in [5, 5.41) is 10.1. The molecule has 1 aromatic carbocycles. The summed E-state index contributed by atoms with van der Waals surface area (Å²) in [5.41, 5.74) is 1.26. The number of aliphatic hydroxyl groups excluding tert-OH is 1. The fourth-order valence-corrected chi connectivity index (χ4v) is 2.48. The molecule has 1 aliphatic rings. The number of benzene rings is 1. The Bertz CT molecular complexity index is 677. The van der Waals surface area contributed by atoms with E-state index < -0.39 is 6.10 Å². The smallest absolute Gasteiger partial charge is 0.253 e. The second-order valence-electron chi connectivity index (χ2n) is 5.50. The molecule has 1 N–H and O–H groups in total. The topological polar surface area (TPSA) is 55.1 Å². The lowest BCUT2D eigenvalue weighted by Gasteiger charge is -2.24. The number of hydrogen-bond donors (Lipinski definition) is 1. The molecule has 1 aromatic heterocycles. The van der Waals surface area contributed by atoms with Crippen molar-refractivity contribution in [3.63, 3.8) is 0 Å². The van der Waals surface area contributed by atoms with Gasteiger partial charge in [-0.3, -0.25) is 9.36 Å². The standard InChI is InChI=1S/C16H17FN2O2/c17-13-6-4-12(5-7-13)15(20)9-19-10-18-14(8-16(19)21)11-2-1-3-11/h4-8,10-11,15,20H,1-3,9H2/t15-/m1/s1. The monoisotopic (exact) mass is 288 g/mol. The van der Waals surface area contributed by atoms with Crippen molar-refractivity contribution >= 4 is 0 Å². The highest BCUT2D eigenvalue weighted by Gasteiger charge is 2.21. The fourth-order valence-electron chi connectivity index (χ4n) is 2.48. The van der Waals surface area contributed by atoms with E-state index in [1.807, 2.05) is 0 Å². The molecule has 1 aliphatic carbocycles. The minimum atomic E-state index is -0.861. The van der Waals surface area contributed by atoms with Gasteiger partial charge >= 0.3 is 0 Å². The van der Waals surface area contributed by atoms with Crippen LogP contribution in [0.2, 0.25) is 0 Å². The van der Waals surface area contributed by atoms with Gasteiger partial charge in [0.05, 0.1) is 24.7 Å². The molecule has 0 amide bonds. The second kappa shape index (κ2) is 5.77. The van der Waals surface area contributed by atoms with Crippen LogP contribution in [0.4, 0.5) is 4.39 Å². The third-order valence-corrected chi connectivity index (χ3v) is 4.05.